The number of halogens is 2. The van der Waals surface area contributed by atoms with Crippen molar-refractivity contribution < 1.29 is 9.53 Å². The van der Waals surface area contributed by atoms with Crippen molar-refractivity contribution in [1.29, 1.82) is 0 Å². The van der Waals surface area contributed by atoms with Crippen molar-refractivity contribution in [3.05, 3.63) is 93.5 Å². The van der Waals surface area contributed by atoms with Crippen molar-refractivity contribution in [2.75, 3.05) is 7.11 Å². The van der Waals surface area contributed by atoms with Crippen molar-refractivity contribution in [2.45, 2.75) is 23.6 Å². The largest absolute Gasteiger partial charge is 0.496 e. The fraction of sp³-hybridized carbons (Fsp3) is 0.174. The van der Waals surface area contributed by atoms with E-state index < -0.39 is 0 Å². The summed E-state index contributed by atoms with van der Waals surface area (Å²) in [6, 6.07) is 20.5. The van der Waals surface area contributed by atoms with Gasteiger partial charge >= 0.3 is 0 Å². The summed E-state index contributed by atoms with van der Waals surface area (Å²) in [6.45, 7) is 1.95. The molecule has 6 heteroatoms. The molecular weight excluding hydrogens is 425 g/mol. The number of thioether (sulfide) groups is 1. The second-order valence-electron chi connectivity index (χ2n) is 6.52. The Balaban J connectivity index is 1.71. The molecule has 3 nitrogen and oxygen atoms in total. The van der Waals surface area contributed by atoms with Crippen LogP contribution < -0.4 is 10.1 Å². The van der Waals surface area contributed by atoms with Gasteiger partial charge in [-0.1, -0.05) is 35.3 Å². The minimum atomic E-state index is -0.132. The molecule has 0 aliphatic carbocycles. The summed E-state index contributed by atoms with van der Waals surface area (Å²) in [6.07, 6.45) is 0. The van der Waals surface area contributed by atoms with E-state index in [4.69, 9.17) is 27.9 Å². The number of carbonyl (C=O) groups excluding carboxylic acids is 1. The fourth-order valence-corrected chi connectivity index (χ4v) is 3.97. The maximum atomic E-state index is 12.8. The average Bonchev–Trinajstić information content (AvgIpc) is 2.73. The lowest BCUT2D eigenvalue weighted by molar-refractivity contribution is 0.0939. The summed E-state index contributed by atoms with van der Waals surface area (Å²) in [5.41, 5.74) is 2.55. The number of ether oxygens (including phenoxy) is 1. The zero-order valence-electron chi connectivity index (χ0n) is 16.1. The Hall–Kier alpha value is -2.14. The summed E-state index contributed by atoms with van der Waals surface area (Å²) in [4.78, 5) is 13.9. The number of rotatable bonds is 7. The molecule has 0 aromatic heterocycles. The number of hydrogen-bond acceptors (Lipinski definition) is 3. The van der Waals surface area contributed by atoms with Crippen LogP contribution >= 0.6 is 35.0 Å². The number of carbonyl (C=O) groups is 1. The first-order valence-corrected chi connectivity index (χ1v) is 10.8. The van der Waals surface area contributed by atoms with E-state index in [2.05, 4.69) is 5.32 Å². The molecule has 0 bridgehead atoms. The zero-order chi connectivity index (χ0) is 20.8. The maximum absolute atomic E-state index is 12.8. The van der Waals surface area contributed by atoms with E-state index in [-0.39, 0.29) is 11.9 Å². The topological polar surface area (TPSA) is 38.3 Å². The Labute approximate surface area is 185 Å². The van der Waals surface area contributed by atoms with E-state index in [9.17, 15) is 4.79 Å². The third-order valence-electron chi connectivity index (χ3n) is 4.47. The number of nitrogens with one attached hydrogen (secondary N) is 1. The first kappa shape index (κ1) is 21.6. The van der Waals surface area contributed by atoms with Gasteiger partial charge < -0.3 is 10.1 Å². The smallest absolute Gasteiger partial charge is 0.251 e. The molecule has 150 valence electrons. The molecule has 0 aliphatic heterocycles. The van der Waals surface area contributed by atoms with Crippen LogP contribution in [0, 0.1) is 0 Å². The Morgan fingerprint density at radius 2 is 1.62 bits per heavy atom. The molecule has 29 heavy (non-hydrogen) atoms. The highest BCUT2D eigenvalue weighted by atomic mass is 35.5. The molecule has 0 heterocycles. The van der Waals surface area contributed by atoms with E-state index in [1.807, 2.05) is 67.6 Å². The molecule has 0 radical (unpaired) electrons. The molecule has 0 fully saturated rings. The van der Waals surface area contributed by atoms with Crippen LogP contribution in [0.15, 0.2) is 71.6 Å². The maximum Gasteiger partial charge on any atom is 0.251 e. The molecule has 1 amide bonds. The van der Waals surface area contributed by atoms with E-state index in [0.717, 1.165) is 21.8 Å². The number of methoxy groups -OCH3 is 1. The Morgan fingerprint density at radius 1 is 1.00 bits per heavy atom. The minimum absolute atomic E-state index is 0.131. The lowest BCUT2D eigenvalue weighted by Crippen LogP contribution is -2.26. The fourth-order valence-electron chi connectivity index (χ4n) is 2.84. The highest BCUT2D eigenvalue weighted by molar-refractivity contribution is 7.98. The predicted octanol–water partition coefficient (Wildman–Crippen LogP) is 6.79. The van der Waals surface area contributed by atoms with Crippen LogP contribution in [0.2, 0.25) is 10.0 Å². The van der Waals surface area contributed by atoms with Gasteiger partial charge in [0.05, 0.1) is 13.2 Å². The monoisotopic (exact) mass is 445 g/mol. The van der Waals surface area contributed by atoms with Crippen LogP contribution in [0.3, 0.4) is 0 Å². The van der Waals surface area contributed by atoms with Gasteiger partial charge in [0.25, 0.3) is 5.91 Å². The average molecular weight is 446 g/mol. The second kappa shape index (κ2) is 10.1. The lowest BCUT2D eigenvalue weighted by Gasteiger charge is -2.16. The molecule has 0 spiro atoms. The molecule has 0 saturated heterocycles. The first-order valence-electron chi connectivity index (χ1n) is 9.08. The van der Waals surface area contributed by atoms with Crippen LogP contribution in [0.5, 0.6) is 5.75 Å². The van der Waals surface area contributed by atoms with Gasteiger partial charge in [-0.15, -0.1) is 11.8 Å². The van der Waals surface area contributed by atoms with Crippen molar-refractivity contribution >= 4 is 40.9 Å². The minimum Gasteiger partial charge on any atom is -0.496 e. The molecular formula is C23H21Cl2NO2S. The van der Waals surface area contributed by atoms with Gasteiger partial charge in [-0.3, -0.25) is 4.79 Å². The van der Waals surface area contributed by atoms with E-state index in [1.165, 1.54) is 0 Å². The van der Waals surface area contributed by atoms with Gasteiger partial charge in [0, 0.05) is 31.8 Å². The van der Waals surface area contributed by atoms with Gasteiger partial charge in [0.15, 0.2) is 0 Å². The zero-order valence-corrected chi connectivity index (χ0v) is 18.4. The molecule has 0 saturated carbocycles. The van der Waals surface area contributed by atoms with Crippen LogP contribution in [-0.2, 0) is 5.75 Å². The van der Waals surface area contributed by atoms with Crippen molar-refractivity contribution in [3.63, 3.8) is 0 Å². The highest BCUT2D eigenvalue weighted by Gasteiger charge is 2.14. The summed E-state index contributed by atoms with van der Waals surface area (Å²) in [7, 11) is 1.63. The molecule has 0 unspecified atom stereocenters. The second-order valence-corrected chi connectivity index (χ2v) is 8.44. The lowest BCUT2D eigenvalue weighted by atomic mass is 10.1. The summed E-state index contributed by atoms with van der Waals surface area (Å²) in [5.74, 6) is 1.31. The van der Waals surface area contributed by atoms with Crippen LogP contribution in [0.1, 0.15) is 34.5 Å². The normalized spacial score (nSPS) is 11.7. The van der Waals surface area contributed by atoms with Crippen LogP contribution in [0.4, 0.5) is 0 Å². The summed E-state index contributed by atoms with van der Waals surface area (Å²) >= 11 is 13.5. The molecule has 1 atom stereocenters. The van der Waals surface area contributed by atoms with Gasteiger partial charge in [-0.05, 0) is 67.1 Å². The summed E-state index contributed by atoms with van der Waals surface area (Å²) < 4.78 is 5.47. The Kier molecular flexibility index (Phi) is 7.48. The standard InChI is InChI=1S/C23H21Cl2NO2S/c1-15(16-3-6-19(24)7-4-16)26-23(27)17-5-12-22(28-2)18(13-17)14-29-21-10-8-20(25)9-11-21/h3-13,15H,14H2,1-2H3,(H,26,27)/t15-/m0/s1. The predicted molar refractivity (Wildman–Crippen MR) is 121 cm³/mol. The van der Waals surface area contributed by atoms with Crippen molar-refractivity contribution in [2.24, 2.45) is 0 Å². The first-order chi connectivity index (χ1) is 14.0. The van der Waals surface area contributed by atoms with Gasteiger partial charge in [0.2, 0.25) is 0 Å². The highest BCUT2D eigenvalue weighted by Crippen LogP contribution is 2.29. The third kappa shape index (κ3) is 5.92. The van der Waals surface area contributed by atoms with Gasteiger partial charge in [0.1, 0.15) is 5.75 Å². The van der Waals surface area contributed by atoms with Gasteiger partial charge in [-0.25, -0.2) is 0 Å². The quantitative estimate of drug-likeness (QED) is 0.407. The van der Waals surface area contributed by atoms with E-state index in [0.29, 0.717) is 21.4 Å². The Morgan fingerprint density at radius 3 is 2.24 bits per heavy atom. The molecule has 3 aromatic rings. The summed E-state index contributed by atoms with van der Waals surface area (Å²) in [5, 5.41) is 4.41. The Bertz CT molecular complexity index is 975. The van der Waals surface area contributed by atoms with Gasteiger partial charge in [-0.2, -0.15) is 0 Å². The van der Waals surface area contributed by atoms with Crippen LogP contribution in [-0.4, -0.2) is 13.0 Å². The molecule has 0 aliphatic rings. The SMILES string of the molecule is COc1ccc(C(=O)N[C@@H](C)c2ccc(Cl)cc2)cc1CSc1ccc(Cl)cc1. The van der Waals surface area contributed by atoms with E-state index in [1.54, 1.807) is 24.9 Å². The number of hydrogen-bond donors (Lipinski definition) is 1. The third-order valence-corrected chi connectivity index (χ3v) is 6.03. The number of benzene rings is 3. The van der Waals surface area contributed by atoms with E-state index >= 15 is 0 Å². The van der Waals surface area contributed by atoms with Crippen LogP contribution in [0.25, 0.3) is 0 Å². The number of amides is 1. The van der Waals surface area contributed by atoms with Crippen molar-refractivity contribution in [3.8, 4) is 5.75 Å². The molecule has 1 N–H and O–H groups in total. The molecule has 3 aromatic carbocycles. The molecule has 3 rings (SSSR count). The van der Waals surface area contributed by atoms with Crippen molar-refractivity contribution in [1.82, 2.24) is 5.32 Å².